The van der Waals surface area contributed by atoms with Crippen LogP contribution in [0.1, 0.15) is 12.5 Å². The zero-order valence-corrected chi connectivity index (χ0v) is 16.0. The van der Waals surface area contributed by atoms with Crippen molar-refractivity contribution in [2.45, 2.75) is 6.92 Å². The summed E-state index contributed by atoms with van der Waals surface area (Å²) in [5.74, 6) is 1.38. The fourth-order valence-electron chi connectivity index (χ4n) is 2.39. The molecule has 27 heavy (non-hydrogen) atoms. The number of nitrogens with one attached hydrogen (secondary N) is 1. The SMILES string of the molecule is CCOc1ccc(-c2csc(NC(=O)/C=C/c3ccc(OC)cc3)n2)cc1. The second kappa shape index (κ2) is 9.00. The molecule has 1 heterocycles. The molecule has 0 saturated heterocycles. The lowest BCUT2D eigenvalue weighted by Gasteiger charge is -2.03. The molecule has 0 saturated carbocycles. The van der Waals surface area contributed by atoms with Crippen molar-refractivity contribution >= 4 is 28.5 Å². The molecule has 5 nitrogen and oxygen atoms in total. The van der Waals surface area contributed by atoms with Gasteiger partial charge in [0.25, 0.3) is 0 Å². The number of rotatable bonds is 7. The molecule has 1 N–H and O–H groups in total. The minimum absolute atomic E-state index is 0.224. The Morgan fingerprint density at radius 2 is 1.81 bits per heavy atom. The van der Waals surface area contributed by atoms with E-state index in [1.807, 2.05) is 60.8 Å². The van der Waals surface area contributed by atoms with Crippen LogP contribution in [0, 0.1) is 0 Å². The first kappa shape index (κ1) is 18.7. The second-order valence-corrected chi connectivity index (χ2v) is 6.45. The van der Waals surface area contributed by atoms with Gasteiger partial charge in [0, 0.05) is 17.0 Å². The van der Waals surface area contributed by atoms with Crippen molar-refractivity contribution in [2.24, 2.45) is 0 Å². The third-order valence-corrected chi connectivity index (χ3v) is 4.50. The summed E-state index contributed by atoms with van der Waals surface area (Å²) in [7, 11) is 1.62. The van der Waals surface area contributed by atoms with Gasteiger partial charge in [-0.25, -0.2) is 4.98 Å². The summed E-state index contributed by atoms with van der Waals surface area (Å²) < 4.78 is 10.6. The van der Waals surface area contributed by atoms with E-state index in [0.717, 1.165) is 28.3 Å². The normalized spacial score (nSPS) is 10.7. The maximum atomic E-state index is 12.1. The van der Waals surface area contributed by atoms with Gasteiger partial charge in [-0.3, -0.25) is 10.1 Å². The number of amides is 1. The van der Waals surface area contributed by atoms with Gasteiger partial charge >= 0.3 is 0 Å². The summed E-state index contributed by atoms with van der Waals surface area (Å²) in [6, 6.07) is 15.2. The zero-order valence-electron chi connectivity index (χ0n) is 15.1. The first-order valence-corrected chi connectivity index (χ1v) is 9.38. The van der Waals surface area contributed by atoms with Crippen LogP contribution in [0.25, 0.3) is 17.3 Å². The van der Waals surface area contributed by atoms with Crippen LogP contribution in [-0.4, -0.2) is 24.6 Å². The van der Waals surface area contributed by atoms with Gasteiger partial charge in [-0.1, -0.05) is 12.1 Å². The number of thiazole rings is 1. The van der Waals surface area contributed by atoms with Crippen molar-refractivity contribution in [3.63, 3.8) is 0 Å². The number of carbonyl (C=O) groups is 1. The number of hydrogen-bond donors (Lipinski definition) is 1. The van der Waals surface area contributed by atoms with Gasteiger partial charge in [0.05, 0.1) is 19.4 Å². The van der Waals surface area contributed by atoms with Crippen LogP contribution >= 0.6 is 11.3 Å². The van der Waals surface area contributed by atoms with Crippen LogP contribution < -0.4 is 14.8 Å². The number of nitrogens with zero attached hydrogens (tertiary/aromatic N) is 1. The van der Waals surface area contributed by atoms with E-state index in [1.165, 1.54) is 17.4 Å². The van der Waals surface area contributed by atoms with Gasteiger partial charge in [0.15, 0.2) is 5.13 Å². The number of aromatic nitrogens is 1. The van der Waals surface area contributed by atoms with Crippen molar-refractivity contribution in [1.29, 1.82) is 0 Å². The molecular weight excluding hydrogens is 360 g/mol. The molecule has 0 aliphatic heterocycles. The quantitative estimate of drug-likeness (QED) is 0.594. The largest absolute Gasteiger partial charge is 0.497 e. The molecule has 0 atom stereocenters. The molecule has 6 heteroatoms. The van der Waals surface area contributed by atoms with Crippen molar-refractivity contribution in [3.05, 3.63) is 65.6 Å². The van der Waals surface area contributed by atoms with Crippen molar-refractivity contribution in [3.8, 4) is 22.8 Å². The molecule has 0 spiro atoms. The number of anilines is 1. The van der Waals surface area contributed by atoms with Gasteiger partial charge in [0.1, 0.15) is 11.5 Å². The summed E-state index contributed by atoms with van der Waals surface area (Å²) in [6.45, 7) is 2.59. The number of benzene rings is 2. The predicted octanol–water partition coefficient (Wildman–Crippen LogP) is 4.87. The molecule has 0 aliphatic rings. The Morgan fingerprint density at radius 3 is 2.48 bits per heavy atom. The molecule has 0 bridgehead atoms. The monoisotopic (exact) mass is 380 g/mol. The fraction of sp³-hybridized carbons (Fsp3) is 0.143. The molecule has 3 rings (SSSR count). The van der Waals surface area contributed by atoms with E-state index in [-0.39, 0.29) is 5.91 Å². The fourth-order valence-corrected chi connectivity index (χ4v) is 3.11. The first-order chi connectivity index (χ1) is 13.2. The molecule has 0 radical (unpaired) electrons. The van der Waals surface area contributed by atoms with Crippen molar-refractivity contribution < 1.29 is 14.3 Å². The standard InChI is InChI=1S/C21H20N2O3S/c1-3-26-18-11-7-16(8-12-18)19-14-27-21(22-19)23-20(24)13-6-15-4-9-17(25-2)10-5-15/h4-14H,3H2,1-2H3,(H,22,23,24)/b13-6+. The molecule has 1 aromatic heterocycles. The van der Waals surface area contributed by atoms with Crippen molar-refractivity contribution in [2.75, 3.05) is 19.0 Å². The van der Waals surface area contributed by atoms with E-state index in [9.17, 15) is 4.79 Å². The molecule has 2 aromatic carbocycles. The Hall–Kier alpha value is -3.12. The zero-order chi connectivity index (χ0) is 19.1. The molecule has 138 valence electrons. The summed E-state index contributed by atoms with van der Waals surface area (Å²) in [4.78, 5) is 16.6. The molecule has 0 unspecified atom stereocenters. The highest BCUT2D eigenvalue weighted by Gasteiger charge is 2.07. The van der Waals surface area contributed by atoms with Gasteiger partial charge in [-0.2, -0.15) is 0 Å². The van der Waals surface area contributed by atoms with Gasteiger partial charge in [-0.05, 0) is 55.0 Å². The Morgan fingerprint density at radius 1 is 1.11 bits per heavy atom. The first-order valence-electron chi connectivity index (χ1n) is 8.50. The average Bonchev–Trinajstić information content (AvgIpc) is 3.16. The summed E-state index contributed by atoms with van der Waals surface area (Å²) in [5.41, 5.74) is 2.71. The highest BCUT2D eigenvalue weighted by molar-refractivity contribution is 7.14. The smallest absolute Gasteiger partial charge is 0.250 e. The lowest BCUT2D eigenvalue weighted by molar-refractivity contribution is -0.111. The van der Waals surface area contributed by atoms with E-state index in [0.29, 0.717) is 11.7 Å². The highest BCUT2D eigenvalue weighted by atomic mass is 32.1. The summed E-state index contributed by atoms with van der Waals surface area (Å²) >= 11 is 1.39. The Labute approximate surface area is 162 Å². The Balaban J connectivity index is 1.60. The molecule has 1 amide bonds. The minimum Gasteiger partial charge on any atom is -0.497 e. The van der Waals surface area contributed by atoms with Crippen LogP contribution in [0.2, 0.25) is 0 Å². The van der Waals surface area contributed by atoms with Crippen LogP contribution in [0.5, 0.6) is 11.5 Å². The van der Waals surface area contributed by atoms with E-state index in [2.05, 4.69) is 10.3 Å². The van der Waals surface area contributed by atoms with E-state index < -0.39 is 0 Å². The summed E-state index contributed by atoms with van der Waals surface area (Å²) in [5, 5.41) is 5.26. The van der Waals surface area contributed by atoms with E-state index in [4.69, 9.17) is 9.47 Å². The number of hydrogen-bond acceptors (Lipinski definition) is 5. The van der Waals surface area contributed by atoms with Crippen LogP contribution in [0.15, 0.2) is 60.0 Å². The molecular formula is C21H20N2O3S. The van der Waals surface area contributed by atoms with Crippen LogP contribution in [0.4, 0.5) is 5.13 Å². The number of carbonyl (C=O) groups excluding carboxylic acids is 1. The van der Waals surface area contributed by atoms with Gasteiger partial charge in [-0.15, -0.1) is 11.3 Å². The number of ether oxygens (including phenoxy) is 2. The van der Waals surface area contributed by atoms with E-state index in [1.54, 1.807) is 13.2 Å². The molecule has 3 aromatic rings. The maximum Gasteiger partial charge on any atom is 0.250 e. The Kier molecular flexibility index (Phi) is 6.22. The highest BCUT2D eigenvalue weighted by Crippen LogP contribution is 2.26. The van der Waals surface area contributed by atoms with Crippen molar-refractivity contribution in [1.82, 2.24) is 4.98 Å². The van der Waals surface area contributed by atoms with Crippen LogP contribution in [-0.2, 0) is 4.79 Å². The molecule has 0 aliphatic carbocycles. The average molecular weight is 380 g/mol. The lowest BCUT2D eigenvalue weighted by atomic mass is 10.2. The maximum absolute atomic E-state index is 12.1. The second-order valence-electron chi connectivity index (χ2n) is 5.59. The Bertz CT molecular complexity index is 915. The third-order valence-electron chi connectivity index (χ3n) is 3.74. The summed E-state index contributed by atoms with van der Waals surface area (Å²) in [6.07, 6.45) is 3.23. The minimum atomic E-state index is -0.224. The van der Waals surface area contributed by atoms with Crippen LogP contribution in [0.3, 0.4) is 0 Å². The van der Waals surface area contributed by atoms with Gasteiger partial charge < -0.3 is 9.47 Å². The third kappa shape index (κ3) is 5.18. The lowest BCUT2D eigenvalue weighted by Crippen LogP contribution is -2.07. The number of methoxy groups -OCH3 is 1. The topological polar surface area (TPSA) is 60.5 Å². The predicted molar refractivity (Wildman–Crippen MR) is 109 cm³/mol. The van der Waals surface area contributed by atoms with Gasteiger partial charge in [0.2, 0.25) is 5.91 Å². The van der Waals surface area contributed by atoms with E-state index >= 15 is 0 Å². The molecule has 0 fully saturated rings.